The van der Waals surface area contributed by atoms with Gasteiger partial charge in [-0.05, 0) is 55.0 Å². The Labute approximate surface area is 139 Å². The summed E-state index contributed by atoms with van der Waals surface area (Å²) in [6, 6.07) is 0.0735. The van der Waals surface area contributed by atoms with Crippen molar-refractivity contribution in [3.63, 3.8) is 0 Å². The van der Waals surface area contributed by atoms with E-state index < -0.39 is 0 Å². The predicted molar refractivity (Wildman–Crippen MR) is 99.1 cm³/mol. The number of allylic oxidation sites excluding steroid dienone is 7. The second-order valence-electron chi connectivity index (χ2n) is 7.21. The lowest BCUT2D eigenvalue weighted by Crippen LogP contribution is -2.18. The first kappa shape index (κ1) is 16.0. The van der Waals surface area contributed by atoms with Crippen molar-refractivity contribution >= 4 is 11.6 Å². The highest BCUT2D eigenvalue weighted by Gasteiger charge is 2.18. The molecule has 120 valence electrons. The second-order valence-corrected chi connectivity index (χ2v) is 7.21. The lowest BCUT2D eigenvalue weighted by atomic mass is 9.85. The van der Waals surface area contributed by atoms with Gasteiger partial charge >= 0.3 is 0 Å². The molecule has 0 aromatic heterocycles. The normalized spacial score (nSPS) is 26.8. The van der Waals surface area contributed by atoms with E-state index in [1.807, 2.05) is 6.20 Å². The summed E-state index contributed by atoms with van der Waals surface area (Å²) in [6.45, 7) is 6.87. The number of hydrogen-bond donors (Lipinski definition) is 0. The van der Waals surface area contributed by atoms with Gasteiger partial charge in [-0.3, -0.25) is 4.99 Å². The van der Waals surface area contributed by atoms with Crippen LogP contribution in [-0.2, 0) is 0 Å². The molecule has 0 bridgehead atoms. The third-order valence-corrected chi connectivity index (χ3v) is 4.41. The third kappa shape index (κ3) is 4.09. The van der Waals surface area contributed by atoms with Gasteiger partial charge < -0.3 is 0 Å². The summed E-state index contributed by atoms with van der Waals surface area (Å²) in [6.07, 6.45) is 17.5. The van der Waals surface area contributed by atoms with Gasteiger partial charge in [0, 0.05) is 17.5 Å². The van der Waals surface area contributed by atoms with E-state index in [-0.39, 0.29) is 6.04 Å². The highest BCUT2D eigenvalue weighted by atomic mass is 14.8. The summed E-state index contributed by atoms with van der Waals surface area (Å²) in [7, 11) is 0. The zero-order chi connectivity index (χ0) is 16.2. The fourth-order valence-corrected chi connectivity index (χ4v) is 3.44. The summed E-state index contributed by atoms with van der Waals surface area (Å²) in [5, 5.41) is 0. The Morgan fingerprint density at radius 1 is 1.35 bits per heavy atom. The fraction of sp³-hybridized carbons (Fsp3) is 0.476. The molecule has 0 N–H and O–H groups in total. The summed E-state index contributed by atoms with van der Waals surface area (Å²) < 4.78 is 0. The van der Waals surface area contributed by atoms with Crippen LogP contribution in [0.4, 0.5) is 0 Å². The van der Waals surface area contributed by atoms with Crippen LogP contribution in [0.3, 0.4) is 0 Å². The third-order valence-electron chi connectivity index (χ3n) is 4.41. The quantitative estimate of drug-likeness (QED) is 0.681. The molecule has 3 aliphatic rings. The molecule has 3 rings (SSSR count). The predicted octanol–water partition coefficient (Wildman–Crippen LogP) is 5.21. The highest BCUT2D eigenvalue weighted by Crippen LogP contribution is 2.30. The summed E-state index contributed by atoms with van der Waals surface area (Å²) in [4.78, 5) is 9.07. The minimum atomic E-state index is 0.0735. The van der Waals surface area contributed by atoms with Crippen molar-refractivity contribution in [2.75, 3.05) is 0 Å². The Balaban J connectivity index is 1.80. The molecule has 0 radical (unpaired) electrons. The van der Waals surface area contributed by atoms with Crippen LogP contribution in [0.5, 0.6) is 0 Å². The van der Waals surface area contributed by atoms with Gasteiger partial charge in [0.05, 0.1) is 0 Å². The number of aliphatic imine (C=N–C) groups is 2. The molecule has 0 aromatic carbocycles. The van der Waals surface area contributed by atoms with Crippen molar-refractivity contribution in [3.8, 4) is 0 Å². The monoisotopic (exact) mass is 306 g/mol. The van der Waals surface area contributed by atoms with Gasteiger partial charge in [-0.15, -0.1) is 0 Å². The zero-order valence-electron chi connectivity index (χ0n) is 14.4. The standard InChI is InChI=1S/C21H26N2/c1-15(2)10-17-11-16(3)12-19(13-17)18-7-8-21(23-14-18)20-6-4-5-9-22-20/h5,7-9,12-13,15-16,21H,4,6,10-11H2,1-3H3. The van der Waals surface area contributed by atoms with E-state index in [2.05, 4.69) is 67.0 Å². The Kier molecular flexibility index (Phi) is 4.93. The van der Waals surface area contributed by atoms with Gasteiger partial charge in [0.15, 0.2) is 0 Å². The molecule has 2 aliphatic heterocycles. The SMILES string of the molecule is CC(C)CC1=CC(C2=C=NC(C3=NC=CCC3)C=C2)=CC(C)C1. The van der Waals surface area contributed by atoms with Gasteiger partial charge in [0.25, 0.3) is 0 Å². The van der Waals surface area contributed by atoms with Crippen LogP contribution in [-0.4, -0.2) is 17.6 Å². The minimum absolute atomic E-state index is 0.0735. The molecule has 1 aliphatic carbocycles. The van der Waals surface area contributed by atoms with Crippen LogP contribution >= 0.6 is 0 Å². The lowest BCUT2D eigenvalue weighted by Gasteiger charge is -2.21. The zero-order valence-corrected chi connectivity index (χ0v) is 14.4. The average Bonchev–Trinajstić information content (AvgIpc) is 2.55. The Bertz CT molecular complexity index is 677. The van der Waals surface area contributed by atoms with Crippen LogP contribution in [0.1, 0.15) is 46.5 Å². The van der Waals surface area contributed by atoms with Crippen molar-refractivity contribution in [2.24, 2.45) is 21.8 Å². The molecule has 2 heterocycles. The van der Waals surface area contributed by atoms with Crippen molar-refractivity contribution in [1.82, 2.24) is 0 Å². The second kappa shape index (κ2) is 7.10. The average molecular weight is 306 g/mol. The molecular formula is C21H26N2. The fourth-order valence-electron chi connectivity index (χ4n) is 3.44. The van der Waals surface area contributed by atoms with Crippen LogP contribution in [0.2, 0.25) is 0 Å². The van der Waals surface area contributed by atoms with E-state index in [9.17, 15) is 0 Å². The topological polar surface area (TPSA) is 24.7 Å². The molecule has 23 heavy (non-hydrogen) atoms. The Hall–Kier alpha value is -1.92. The first-order valence-corrected chi connectivity index (χ1v) is 8.76. The smallest absolute Gasteiger partial charge is 0.116 e. The number of hydrogen-bond acceptors (Lipinski definition) is 2. The maximum absolute atomic E-state index is 4.61. The van der Waals surface area contributed by atoms with Crippen molar-refractivity contribution in [3.05, 3.63) is 53.3 Å². The lowest BCUT2D eigenvalue weighted by molar-refractivity contribution is 0.589. The molecule has 0 fully saturated rings. The molecule has 2 heteroatoms. The first-order valence-electron chi connectivity index (χ1n) is 8.76. The van der Waals surface area contributed by atoms with Crippen LogP contribution in [0, 0.1) is 11.8 Å². The Morgan fingerprint density at radius 2 is 2.22 bits per heavy atom. The molecule has 2 unspecified atom stereocenters. The van der Waals surface area contributed by atoms with Crippen LogP contribution in [0.25, 0.3) is 0 Å². The van der Waals surface area contributed by atoms with Crippen molar-refractivity contribution in [2.45, 2.75) is 52.5 Å². The largest absolute Gasteiger partial charge is 0.263 e. The summed E-state index contributed by atoms with van der Waals surface area (Å²) in [5.74, 6) is 4.57. The van der Waals surface area contributed by atoms with E-state index in [1.54, 1.807) is 5.57 Å². The van der Waals surface area contributed by atoms with E-state index in [4.69, 9.17) is 0 Å². The molecule has 0 amide bonds. The summed E-state index contributed by atoms with van der Waals surface area (Å²) in [5.41, 5.74) is 5.10. The summed E-state index contributed by atoms with van der Waals surface area (Å²) >= 11 is 0. The number of rotatable bonds is 4. The van der Waals surface area contributed by atoms with Gasteiger partial charge in [0.1, 0.15) is 6.04 Å². The van der Waals surface area contributed by atoms with Gasteiger partial charge in [0.2, 0.25) is 0 Å². The van der Waals surface area contributed by atoms with Crippen molar-refractivity contribution in [1.29, 1.82) is 0 Å². The van der Waals surface area contributed by atoms with Crippen LogP contribution in [0.15, 0.2) is 63.3 Å². The molecule has 0 saturated carbocycles. The van der Waals surface area contributed by atoms with E-state index in [0.29, 0.717) is 11.8 Å². The van der Waals surface area contributed by atoms with Crippen LogP contribution < -0.4 is 0 Å². The maximum atomic E-state index is 4.61. The molecule has 0 aromatic rings. The van der Waals surface area contributed by atoms with E-state index >= 15 is 0 Å². The molecule has 2 atom stereocenters. The van der Waals surface area contributed by atoms with Crippen molar-refractivity contribution < 1.29 is 0 Å². The molecular weight excluding hydrogens is 280 g/mol. The first-order chi connectivity index (χ1) is 11.1. The highest BCUT2D eigenvalue weighted by molar-refractivity contribution is 5.94. The minimum Gasteiger partial charge on any atom is -0.263 e. The van der Waals surface area contributed by atoms with E-state index in [1.165, 1.54) is 18.4 Å². The van der Waals surface area contributed by atoms with Gasteiger partial charge in [-0.1, -0.05) is 50.6 Å². The van der Waals surface area contributed by atoms with Gasteiger partial charge in [-0.25, -0.2) is 4.99 Å². The molecule has 0 saturated heterocycles. The molecule has 2 nitrogen and oxygen atoms in total. The van der Waals surface area contributed by atoms with Gasteiger partial charge in [-0.2, -0.15) is 0 Å². The number of nitrogens with zero attached hydrogens (tertiary/aromatic N) is 2. The Morgan fingerprint density at radius 3 is 2.87 bits per heavy atom. The molecule has 0 spiro atoms. The maximum Gasteiger partial charge on any atom is 0.116 e. The van der Waals surface area contributed by atoms with E-state index in [0.717, 1.165) is 24.1 Å².